The molecule has 0 aliphatic heterocycles. The highest BCUT2D eigenvalue weighted by Gasteiger charge is 2.34. The van der Waals surface area contributed by atoms with E-state index in [1.807, 2.05) is 0 Å². The third-order valence-electron chi connectivity index (χ3n) is 3.30. The van der Waals surface area contributed by atoms with E-state index in [9.17, 15) is 18.0 Å². The van der Waals surface area contributed by atoms with Gasteiger partial charge in [-0.15, -0.1) is 0 Å². The Bertz CT molecular complexity index is 504. The smallest absolute Gasteiger partial charge is 0.419 e. The second kappa shape index (κ2) is 8.76. The first-order valence-electron chi connectivity index (χ1n) is 7.59. The minimum Gasteiger partial charge on any atom is -0.488 e. The Kier molecular flexibility index (Phi) is 7.35. The number of amides is 1. The summed E-state index contributed by atoms with van der Waals surface area (Å²) in [6.45, 7) is 3.74. The van der Waals surface area contributed by atoms with Gasteiger partial charge >= 0.3 is 6.18 Å². The Labute approximate surface area is 134 Å². The van der Waals surface area contributed by atoms with Crippen LogP contribution in [0.15, 0.2) is 24.3 Å². The van der Waals surface area contributed by atoms with Crippen molar-refractivity contribution in [1.82, 2.24) is 5.32 Å². The lowest BCUT2D eigenvalue weighted by Crippen LogP contribution is -2.35. The monoisotopic (exact) mass is 332 g/mol. The van der Waals surface area contributed by atoms with Crippen LogP contribution in [0.3, 0.4) is 0 Å². The molecular formula is C16H23F3N2O2. The molecule has 1 rings (SSSR count). The number of carbonyl (C=O) groups is 1. The van der Waals surface area contributed by atoms with Gasteiger partial charge in [0.1, 0.15) is 11.9 Å². The van der Waals surface area contributed by atoms with E-state index in [2.05, 4.69) is 5.32 Å². The number of nitrogens with two attached hydrogens (primary N) is 1. The standard InChI is InChI=1S/C16H23F3N2O2/c1-3-12(10-21-15(22)9-8-11(2)20)23-14-7-5-4-6-13(14)16(17,18)19/h4-7,11-12H,3,8-10,20H2,1-2H3,(H,21,22). The van der Waals surface area contributed by atoms with Crippen molar-refractivity contribution in [2.24, 2.45) is 5.73 Å². The highest BCUT2D eigenvalue weighted by Crippen LogP contribution is 2.36. The molecule has 0 aromatic heterocycles. The topological polar surface area (TPSA) is 64.4 Å². The molecule has 7 heteroatoms. The van der Waals surface area contributed by atoms with E-state index < -0.39 is 17.8 Å². The van der Waals surface area contributed by atoms with Crippen molar-refractivity contribution >= 4 is 5.91 Å². The van der Waals surface area contributed by atoms with Gasteiger partial charge in [0.25, 0.3) is 0 Å². The van der Waals surface area contributed by atoms with Gasteiger partial charge in [0.15, 0.2) is 0 Å². The van der Waals surface area contributed by atoms with Gasteiger partial charge in [0.05, 0.1) is 12.1 Å². The molecule has 0 spiro atoms. The lowest BCUT2D eigenvalue weighted by molar-refractivity contribution is -0.139. The predicted molar refractivity (Wildman–Crippen MR) is 82.0 cm³/mol. The Balaban J connectivity index is 2.62. The quantitative estimate of drug-likeness (QED) is 0.769. The second-order valence-corrected chi connectivity index (χ2v) is 5.46. The molecule has 0 aliphatic carbocycles. The van der Waals surface area contributed by atoms with Gasteiger partial charge < -0.3 is 15.8 Å². The lowest BCUT2D eigenvalue weighted by atomic mass is 10.1. The van der Waals surface area contributed by atoms with E-state index in [0.717, 1.165) is 6.07 Å². The van der Waals surface area contributed by atoms with E-state index in [4.69, 9.17) is 10.5 Å². The van der Waals surface area contributed by atoms with Crippen molar-refractivity contribution in [3.8, 4) is 5.75 Å². The van der Waals surface area contributed by atoms with E-state index in [1.54, 1.807) is 13.8 Å². The number of carbonyl (C=O) groups excluding carboxylic acids is 1. The van der Waals surface area contributed by atoms with Crippen molar-refractivity contribution in [2.75, 3.05) is 6.54 Å². The summed E-state index contributed by atoms with van der Waals surface area (Å²) >= 11 is 0. The molecule has 1 aromatic rings. The van der Waals surface area contributed by atoms with E-state index in [1.165, 1.54) is 18.2 Å². The number of benzene rings is 1. The average Bonchev–Trinajstić information content (AvgIpc) is 2.48. The number of hydrogen-bond donors (Lipinski definition) is 2. The molecule has 1 aromatic carbocycles. The number of nitrogens with one attached hydrogen (secondary N) is 1. The second-order valence-electron chi connectivity index (χ2n) is 5.46. The fourth-order valence-corrected chi connectivity index (χ4v) is 1.93. The number of halogens is 3. The van der Waals surface area contributed by atoms with Crippen LogP contribution in [0.2, 0.25) is 0 Å². The SMILES string of the molecule is CCC(CNC(=O)CCC(C)N)Oc1ccccc1C(F)(F)F. The maximum absolute atomic E-state index is 12.9. The predicted octanol–water partition coefficient (Wildman–Crippen LogP) is 3.11. The average molecular weight is 332 g/mol. The molecular weight excluding hydrogens is 309 g/mol. The summed E-state index contributed by atoms with van der Waals surface area (Å²) in [5.41, 5.74) is 4.75. The fourth-order valence-electron chi connectivity index (χ4n) is 1.93. The summed E-state index contributed by atoms with van der Waals surface area (Å²) in [7, 11) is 0. The molecule has 23 heavy (non-hydrogen) atoms. The van der Waals surface area contributed by atoms with E-state index in [-0.39, 0.29) is 30.7 Å². The molecule has 0 saturated carbocycles. The Morgan fingerprint density at radius 3 is 2.57 bits per heavy atom. The first-order chi connectivity index (χ1) is 10.7. The Morgan fingerprint density at radius 1 is 1.35 bits per heavy atom. The van der Waals surface area contributed by atoms with Crippen LogP contribution in [0.25, 0.3) is 0 Å². The molecule has 0 aliphatic rings. The van der Waals surface area contributed by atoms with Gasteiger partial charge in [0.2, 0.25) is 5.91 Å². The fraction of sp³-hybridized carbons (Fsp3) is 0.562. The number of para-hydroxylation sites is 1. The first kappa shape index (κ1) is 19.3. The van der Waals surface area contributed by atoms with Crippen LogP contribution in [0.4, 0.5) is 13.2 Å². The molecule has 0 radical (unpaired) electrons. The highest BCUT2D eigenvalue weighted by molar-refractivity contribution is 5.75. The summed E-state index contributed by atoms with van der Waals surface area (Å²) in [4.78, 5) is 11.6. The number of alkyl halides is 3. The zero-order valence-electron chi connectivity index (χ0n) is 13.3. The Morgan fingerprint density at radius 2 is 2.00 bits per heavy atom. The third-order valence-corrected chi connectivity index (χ3v) is 3.30. The maximum Gasteiger partial charge on any atom is 0.419 e. The van der Waals surface area contributed by atoms with Crippen molar-refractivity contribution in [3.63, 3.8) is 0 Å². The number of rotatable bonds is 8. The molecule has 3 N–H and O–H groups in total. The van der Waals surface area contributed by atoms with Crippen molar-refractivity contribution < 1.29 is 22.7 Å². The molecule has 0 saturated heterocycles. The molecule has 130 valence electrons. The molecule has 0 fully saturated rings. The maximum atomic E-state index is 12.9. The summed E-state index contributed by atoms with van der Waals surface area (Å²) in [6, 6.07) is 4.98. The minimum atomic E-state index is -4.48. The molecule has 1 amide bonds. The molecule has 2 unspecified atom stereocenters. The van der Waals surface area contributed by atoms with Gasteiger partial charge in [-0.2, -0.15) is 13.2 Å². The highest BCUT2D eigenvalue weighted by atomic mass is 19.4. The summed E-state index contributed by atoms with van der Waals surface area (Å²) in [6.07, 6.45) is -3.69. The van der Waals surface area contributed by atoms with Crippen molar-refractivity contribution in [1.29, 1.82) is 0 Å². The normalized spacial score (nSPS) is 14.2. The van der Waals surface area contributed by atoms with Crippen LogP contribution in [0, 0.1) is 0 Å². The van der Waals surface area contributed by atoms with Crippen LogP contribution in [-0.2, 0) is 11.0 Å². The van der Waals surface area contributed by atoms with Crippen molar-refractivity contribution in [2.45, 2.75) is 51.4 Å². The zero-order chi connectivity index (χ0) is 17.5. The number of ether oxygens (including phenoxy) is 1. The lowest BCUT2D eigenvalue weighted by Gasteiger charge is -2.21. The van der Waals surface area contributed by atoms with E-state index >= 15 is 0 Å². The van der Waals surface area contributed by atoms with Gasteiger partial charge in [-0.25, -0.2) is 0 Å². The van der Waals surface area contributed by atoms with Gasteiger partial charge in [0, 0.05) is 12.5 Å². The molecule has 4 nitrogen and oxygen atoms in total. The minimum absolute atomic E-state index is 0.0716. The summed E-state index contributed by atoms with van der Waals surface area (Å²) < 4.78 is 44.2. The van der Waals surface area contributed by atoms with Crippen LogP contribution in [-0.4, -0.2) is 24.6 Å². The van der Waals surface area contributed by atoms with Crippen LogP contribution in [0.1, 0.15) is 38.7 Å². The van der Waals surface area contributed by atoms with Gasteiger partial charge in [-0.05, 0) is 31.9 Å². The number of hydrogen-bond acceptors (Lipinski definition) is 3. The van der Waals surface area contributed by atoms with Crippen molar-refractivity contribution in [3.05, 3.63) is 29.8 Å². The first-order valence-corrected chi connectivity index (χ1v) is 7.59. The van der Waals surface area contributed by atoms with E-state index in [0.29, 0.717) is 12.8 Å². The Hall–Kier alpha value is -1.76. The van der Waals surface area contributed by atoms with Gasteiger partial charge in [-0.3, -0.25) is 4.79 Å². The summed E-state index contributed by atoms with van der Waals surface area (Å²) in [5.74, 6) is -0.412. The zero-order valence-corrected chi connectivity index (χ0v) is 13.3. The van der Waals surface area contributed by atoms with Crippen LogP contribution in [0.5, 0.6) is 5.75 Å². The third kappa shape index (κ3) is 6.90. The molecule has 0 heterocycles. The van der Waals surface area contributed by atoms with Crippen LogP contribution < -0.4 is 15.8 Å². The summed E-state index contributed by atoms with van der Waals surface area (Å²) in [5, 5.41) is 2.67. The largest absolute Gasteiger partial charge is 0.488 e. The molecule has 0 bridgehead atoms. The van der Waals surface area contributed by atoms with Gasteiger partial charge in [-0.1, -0.05) is 19.1 Å². The molecule has 2 atom stereocenters. The van der Waals surface area contributed by atoms with Crippen LogP contribution >= 0.6 is 0 Å².